The molecule has 0 amide bonds. The van der Waals surface area contributed by atoms with Gasteiger partial charge in [0.05, 0.1) is 16.8 Å². The van der Waals surface area contributed by atoms with Crippen LogP contribution >= 0.6 is 0 Å². The van der Waals surface area contributed by atoms with Gasteiger partial charge in [-0.3, -0.25) is 0 Å². The smallest absolute Gasteiger partial charge is 0.178 e. The second-order valence-corrected chi connectivity index (χ2v) is 7.97. The van der Waals surface area contributed by atoms with E-state index in [1.807, 2.05) is 20.8 Å². The molecular formula is C14H23NO3S. The molecule has 0 aromatic heterocycles. The zero-order valence-corrected chi connectivity index (χ0v) is 12.8. The van der Waals surface area contributed by atoms with Crippen molar-refractivity contribution in [3.8, 4) is 0 Å². The predicted molar refractivity (Wildman–Crippen MR) is 78.1 cm³/mol. The van der Waals surface area contributed by atoms with Gasteiger partial charge >= 0.3 is 0 Å². The number of sulfone groups is 1. The van der Waals surface area contributed by atoms with Gasteiger partial charge in [0.15, 0.2) is 9.84 Å². The summed E-state index contributed by atoms with van der Waals surface area (Å²) in [6.07, 6.45) is -0.466. The Labute approximate surface area is 115 Å². The molecule has 108 valence electrons. The molecule has 1 atom stereocenters. The van der Waals surface area contributed by atoms with Crippen molar-refractivity contribution in [3.63, 3.8) is 0 Å². The van der Waals surface area contributed by atoms with Crippen molar-refractivity contribution >= 4 is 15.5 Å². The van der Waals surface area contributed by atoms with Crippen molar-refractivity contribution in [3.05, 3.63) is 24.3 Å². The molecule has 0 bridgehead atoms. The summed E-state index contributed by atoms with van der Waals surface area (Å²) in [5.41, 5.74) is 0.622. The Kier molecular flexibility index (Phi) is 4.98. The van der Waals surface area contributed by atoms with E-state index in [1.165, 1.54) is 0 Å². The highest BCUT2D eigenvalue weighted by Gasteiger charge is 2.21. The number of benzene rings is 1. The molecule has 1 unspecified atom stereocenters. The van der Waals surface area contributed by atoms with Crippen LogP contribution in [0.1, 0.15) is 27.7 Å². The molecule has 0 radical (unpaired) electrons. The molecule has 1 aromatic rings. The van der Waals surface area contributed by atoms with Crippen molar-refractivity contribution in [1.82, 2.24) is 0 Å². The second-order valence-electron chi connectivity index (χ2n) is 5.69. The van der Waals surface area contributed by atoms with Gasteiger partial charge in [0.2, 0.25) is 0 Å². The first kappa shape index (κ1) is 16.0. The van der Waals surface area contributed by atoms with Crippen LogP contribution in [0, 0.1) is 5.41 Å². The fourth-order valence-electron chi connectivity index (χ4n) is 1.47. The second kappa shape index (κ2) is 5.92. The van der Waals surface area contributed by atoms with Crippen LogP contribution in [0.15, 0.2) is 29.2 Å². The average Bonchev–Trinajstić information content (AvgIpc) is 2.35. The summed E-state index contributed by atoms with van der Waals surface area (Å²) in [7, 11) is -3.15. The summed E-state index contributed by atoms with van der Waals surface area (Å²) < 4.78 is 23.3. The van der Waals surface area contributed by atoms with Gasteiger partial charge in [-0.25, -0.2) is 8.42 Å². The maximum atomic E-state index is 11.6. The number of nitrogens with one attached hydrogen (secondary N) is 1. The molecule has 0 spiro atoms. The van der Waals surface area contributed by atoms with E-state index in [1.54, 1.807) is 31.2 Å². The van der Waals surface area contributed by atoms with Crippen LogP contribution in [0.3, 0.4) is 0 Å². The molecule has 0 fully saturated rings. The van der Waals surface area contributed by atoms with Crippen LogP contribution < -0.4 is 5.32 Å². The number of anilines is 1. The Balaban J connectivity index is 2.69. The topological polar surface area (TPSA) is 66.4 Å². The first-order valence-electron chi connectivity index (χ1n) is 6.41. The van der Waals surface area contributed by atoms with Gasteiger partial charge < -0.3 is 10.4 Å². The van der Waals surface area contributed by atoms with Crippen molar-refractivity contribution in [1.29, 1.82) is 0 Å². The lowest BCUT2D eigenvalue weighted by Crippen LogP contribution is -2.32. The van der Waals surface area contributed by atoms with E-state index in [9.17, 15) is 13.5 Å². The Hall–Kier alpha value is -1.07. The van der Waals surface area contributed by atoms with Gasteiger partial charge in [-0.05, 0) is 29.7 Å². The minimum absolute atomic E-state index is 0.0997. The van der Waals surface area contributed by atoms with E-state index < -0.39 is 15.9 Å². The zero-order valence-electron chi connectivity index (χ0n) is 12.0. The highest BCUT2D eigenvalue weighted by atomic mass is 32.2. The fourth-order valence-corrected chi connectivity index (χ4v) is 2.35. The third kappa shape index (κ3) is 4.51. The molecular weight excluding hydrogens is 262 g/mol. The van der Waals surface area contributed by atoms with Crippen LogP contribution in [0.25, 0.3) is 0 Å². The van der Waals surface area contributed by atoms with Gasteiger partial charge in [0.1, 0.15) is 0 Å². The molecule has 0 saturated carbocycles. The summed E-state index contributed by atoms with van der Waals surface area (Å²) in [6.45, 7) is 7.97. The summed E-state index contributed by atoms with van der Waals surface area (Å²) >= 11 is 0. The maximum absolute atomic E-state index is 11.6. The van der Waals surface area contributed by atoms with Crippen molar-refractivity contribution in [2.75, 3.05) is 17.6 Å². The first-order chi connectivity index (χ1) is 8.66. The Morgan fingerprint density at radius 3 is 2.16 bits per heavy atom. The summed E-state index contributed by atoms with van der Waals surface area (Å²) in [5, 5.41) is 13.0. The summed E-state index contributed by atoms with van der Waals surface area (Å²) in [4.78, 5) is 0.330. The van der Waals surface area contributed by atoms with Crippen LogP contribution in [-0.2, 0) is 9.84 Å². The number of aliphatic hydroxyl groups excluding tert-OH is 1. The lowest BCUT2D eigenvalue weighted by atomic mass is 9.89. The van der Waals surface area contributed by atoms with Gasteiger partial charge in [0, 0.05) is 12.2 Å². The van der Waals surface area contributed by atoms with Gasteiger partial charge in [-0.2, -0.15) is 0 Å². The van der Waals surface area contributed by atoms with Crippen molar-refractivity contribution < 1.29 is 13.5 Å². The largest absolute Gasteiger partial charge is 0.391 e. The molecule has 1 rings (SSSR count). The van der Waals surface area contributed by atoms with Gasteiger partial charge in [-0.1, -0.05) is 27.7 Å². The molecule has 4 nitrogen and oxygen atoms in total. The van der Waals surface area contributed by atoms with Gasteiger partial charge in [-0.15, -0.1) is 0 Å². The summed E-state index contributed by atoms with van der Waals surface area (Å²) in [6, 6.07) is 6.62. The third-order valence-corrected chi connectivity index (χ3v) is 4.84. The minimum atomic E-state index is -3.15. The number of hydrogen-bond donors (Lipinski definition) is 2. The quantitative estimate of drug-likeness (QED) is 0.871. The molecule has 1 aromatic carbocycles. The lowest BCUT2D eigenvalue weighted by molar-refractivity contribution is 0.0746. The number of hydrogen-bond acceptors (Lipinski definition) is 4. The normalized spacial score (nSPS) is 14.2. The minimum Gasteiger partial charge on any atom is -0.391 e. The molecule has 0 saturated heterocycles. The van der Waals surface area contributed by atoms with E-state index in [-0.39, 0.29) is 11.2 Å². The van der Waals surface area contributed by atoms with Crippen LogP contribution in [-0.4, -0.2) is 31.9 Å². The van der Waals surface area contributed by atoms with E-state index in [4.69, 9.17) is 0 Å². The molecule has 5 heteroatoms. The number of rotatable bonds is 5. The van der Waals surface area contributed by atoms with E-state index in [2.05, 4.69) is 5.32 Å². The molecule has 19 heavy (non-hydrogen) atoms. The zero-order chi connectivity index (χ0) is 14.7. The van der Waals surface area contributed by atoms with E-state index in [0.717, 1.165) is 5.69 Å². The Bertz CT molecular complexity index is 500. The van der Waals surface area contributed by atoms with E-state index in [0.29, 0.717) is 11.4 Å². The standard InChI is InChI=1S/C14H23NO3S/c1-5-19(17,18)12-8-6-11(7-9-12)15-10-13(16)14(2,3)4/h6-9,13,15-16H,5,10H2,1-4H3. The van der Waals surface area contributed by atoms with Crippen LogP contribution in [0.4, 0.5) is 5.69 Å². The Morgan fingerprint density at radius 1 is 1.21 bits per heavy atom. The molecule has 0 aliphatic heterocycles. The third-order valence-electron chi connectivity index (χ3n) is 3.09. The fraction of sp³-hybridized carbons (Fsp3) is 0.571. The average molecular weight is 285 g/mol. The molecule has 0 aliphatic rings. The van der Waals surface area contributed by atoms with E-state index >= 15 is 0 Å². The monoisotopic (exact) mass is 285 g/mol. The molecule has 0 heterocycles. The molecule has 2 N–H and O–H groups in total. The highest BCUT2D eigenvalue weighted by molar-refractivity contribution is 7.91. The van der Waals surface area contributed by atoms with Crippen molar-refractivity contribution in [2.24, 2.45) is 5.41 Å². The Morgan fingerprint density at radius 2 is 1.74 bits per heavy atom. The number of aliphatic hydroxyl groups is 1. The van der Waals surface area contributed by atoms with Crippen molar-refractivity contribution in [2.45, 2.75) is 38.7 Å². The lowest BCUT2D eigenvalue weighted by Gasteiger charge is -2.26. The predicted octanol–water partition coefficient (Wildman–Crippen LogP) is 2.30. The van der Waals surface area contributed by atoms with Crippen LogP contribution in [0.5, 0.6) is 0 Å². The van der Waals surface area contributed by atoms with Gasteiger partial charge in [0.25, 0.3) is 0 Å². The SMILES string of the molecule is CCS(=O)(=O)c1ccc(NCC(O)C(C)(C)C)cc1. The first-order valence-corrected chi connectivity index (χ1v) is 8.07. The molecule has 0 aliphatic carbocycles. The summed E-state index contributed by atoms with van der Waals surface area (Å²) in [5.74, 6) is 0.0997. The maximum Gasteiger partial charge on any atom is 0.178 e. The van der Waals surface area contributed by atoms with Crippen LogP contribution in [0.2, 0.25) is 0 Å². The highest BCUT2D eigenvalue weighted by Crippen LogP contribution is 2.20.